The molecule has 1 N–H and O–H groups in total. The summed E-state index contributed by atoms with van der Waals surface area (Å²) in [5, 5.41) is 1.11. The molecule has 0 saturated carbocycles. The third-order valence-corrected chi connectivity index (χ3v) is 5.22. The number of aromatic nitrogens is 1. The number of para-hydroxylation sites is 1. The van der Waals surface area contributed by atoms with Gasteiger partial charge >= 0.3 is 0 Å². The monoisotopic (exact) mass is 366 g/mol. The van der Waals surface area contributed by atoms with E-state index >= 15 is 0 Å². The van der Waals surface area contributed by atoms with E-state index in [2.05, 4.69) is 11.1 Å². The van der Waals surface area contributed by atoms with Gasteiger partial charge in [0.25, 0.3) is 0 Å². The van der Waals surface area contributed by atoms with Gasteiger partial charge in [0.1, 0.15) is 5.82 Å². The molecule has 5 heteroatoms. The average Bonchev–Trinajstić information content (AvgIpc) is 3.05. The van der Waals surface area contributed by atoms with Gasteiger partial charge in [-0.25, -0.2) is 4.39 Å². The van der Waals surface area contributed by atoms with Crippen LogP contribution in [0.4, 0.5) is 4.39 Å². The van der Waals surface area contributed by atoms with Crippen molar-refractivity contribution >= 4 is 16.8 Å². The smallest absolute Gasteiger partial charge is 0.223 e. The molecule has 1 saturated heterocycles. The van der Waals surface area contributed by atoms with Gasteiger partial charge in [-0.1, -0.05) is 18.2 Å². The molecule has 1 fully saturated rings. The number of H-pyrrole nitrogens is 1. The number of rotatable bonds is 4. The van der Waals surface area contributed by atoms with E-state index < -0.39 is 0 Å². The molecule has 1 aliphatic rings. The summed E-state index contributed by atoms with van der Waals surface area (Å²) in [4.78, 5) is 18.1. The van der Waals surface area contributed by atoms with Crippen LogP contribution in [0.5, 0.6) is 0 Å². The Morgan fingerprint density at radius 2 is 2.00 bits per heavy atom. The van der Waals surface area contributed by atoms with E-state index in [0.717, 1.165) is 27.7 Å². The predicted molar refractivity (Wildman–Crippen MR) is 104 cm³/mol. The first-order valence-electron chi connectivity index (χ1n) is 9.36. The molecule has 140 valence electrons. The Morgan fingerprint density at radius 3 is 2.78 bits per heavy atom. The Labute approximate surface area is 157 Å². The first kappa shape index (κ1) is 17.7. The average molecular weight is 366 g/mol. The topological polar surface area (TPSA) is 45.3 Å². The van der Waals surface area contributed by atoms with E-state index in [-0.39, 0.29) is 17.8 Å². The van der Waals surface area contributed by atoms with Gasteiger partial charge in [-0.3, -0.25) is 4.79 Å². The highest BCUT2D eigenvalue weighted by Crippen LogP contribution is 2.31. The summed E-state index contributed by atoms with van der Waals surface area (Å²) in [5.41, 5.74) is 4.01. The fourth-order valence-electron chi connectivity index (χ4n) is 3.80. The quantitative estimate of drug-likeness (QED) is 0.754. The molecule has 1 atom stereocenters. The number of ether oxygens (including phenoxy) is 1. The summed E-state index contributed by atoms with van der Waals surface area (Å²) >= 11 is 0. The lowest BCUT2D eigenvalue weighted by Crippen LogP contribution is -2.47. The molecule has 3 aromatic rings. The van der Waals surface area contributed by atoms with Crippen LogP contribution in [0.25, 0.3) is 22.2 Å². The number of carbonyl (C=O) groups excluding carboxylic acids is 1. The van der Waals surface area contributed by atoms with E-state index in [1.807, 2.05) is 30.0 Å². The zero-order valence-electron chi connectivity index (χ0n) is 15.4. The van der Waals surface area contributed by atoms with Crippen molar-refractivity contribution in [1.29, 1.82) is 0 Å². The molecule has 4 nitrogen and oxygen atoms in total. The number of carbonyl (C=O) groups is 1. The summed E-state index contributed by atoms with van der Waals surface area (Å²) in [6.07, 6.45) is 1.08. The van der Waals surface area contributed by atoms with Gasteiger partial charge < -0.3 is 14.6 Å². The lowest BCUT2D eigenvalue weighted by Gasteiger charge is -2.33. The molecule has 0 unspecified atom stereocenters. The SMILES string of the molecule is C[C@@H]1COCCN1C(=O)CCc1c(-c2ccc(F)cc2)[nH]c2ccccc12. The molecule has 2 aromatic carbocycles. The number of aromatic amines is 1. The molecule has 1 aromatic heterocycles. The largest absolute Gasteiger partial charge is 0.377 e. The van der Waals surface area contributed by atoms with Crippen molar-refractivity contribution in [1.82, 2.24) is 9.88 Å². The molecule has 2 heterocycles. The molecule has 0 bridgehead atoms. The van der Waals surface area contributed by atoms with Crippen LogP contribution < -0.4 is 0 Å². The standard InChI is InChI=1S/C22H23FN2O2/c1-15-14-27-13-12-25(15)21(26)11-10-19-18-4-2-3-5-20(18)24-22(19)16-6-8-17(23)9-7-16/h2-9,15,24H,10-14H2,1H3/t15-/m1/s1. The minimum absolute atomic E-state index is 0.116. The number of benzene rings is 2. The number of halogens is 1. The van der Waals surface area contributed by atoms with Crippen LogP contribution in [-0.2, 0) is 16.0 Å². The highest BCUT2D eigenvalue weighted by molar-refractivity contribution is 5.91. The molecule has 4 rings (SSSR count). The molecule has 1 amide bonds. The first-order valence-corrected chi connectivity index (χ1v) is 9.36. The maximum absolute atomic E-state index is 13.3. The van der Waals surface area contributed by atoms with Crippen LogP contribution in [-0.4, -0.2) is 41.6 Å². The summed E-state index contributed by atoms with van der Waals surface area (Å²) < 4.78 is 18.8. The summed E-state index contributed by atoms with van der Waals surface area (Å²) in [7, 11) is 0. The highest BCUT2D eigenvalue weighted by Gasteiger charge is 2.24. The summed E-state index contributed by atoms with van der Waals surface area (Å²) in [6, 6.07) is 14.7. The number of nitrogens with one attached hydrogen (secondary N) is 1. The Hall–Kier alpha value is -2.66. The van der Waals surface area contributed by atoms with Crippen LogP contribution in [0.3, 0.4) is 0 Å². The van der Waals surface area contributed by atoms with Crippen molar-refractivity contribution in [2.75, 3.05) is 19.8 Å². The lowest BCUT2D eigenvalue weighted by molar-refractivity contribution is -0.139. The fraction of sp³-hybridized carbons (Fsp3) is 0.318. The zero-order chi connectivity index (χ0) is 18.8. The van der Waals surface area contributed by atoms with Gasteiger partial charge in [-0.05, 0) is 54.8 Å². The van der Waals surface area contributed by atoms with E-state index in [9.17, 15) is 9.18 Å². The third-order valence-electron chi connectivity index (χ3n) is 5.22. The number of morpholine rings is 1. The minimum atomic E-state index is -0.257. The molecule has 27 heavy (non-hydrogen) atoms. The van der Waals surface area contributed by atoms with Crippen molar-refractivity contribution in [3.05, 3.63) is 59.9 Å². The Kier molecular flexibility index (Phi) is 4.94. The van der Waals surface area contributed by atoms with Crippen molar-refractivity contribution < 1.29 is 13.9 Å². The number of hydrogen-bond acceptors (Lipinski definition) is 2. The van der Waals surface area contributed by atoms with Crippen molar-refractivity contribution in [3.8, 4) is 11.3 Å². The number of nitrogens with zero attached hydrogens (tertiary/aromatic N) is 1. The number of fused-ring (bicyclic) bond motifs is 1. The maximum atomic E-state index is 13.3. The van der Waals surface area contributed by atoms with E-state index in [0.29, 0.717) is 32.6 Å². The van der Waals surface area contributed by atoms with E-state index in [4.69, 9.17) is 4.74 Å². The minimum Gasteiger partial charge on any atom is -0.377 e. The summed E-state index contributed by atoms with van der Waals surface area (Å²) in [5.74, 6) is -0.103. The lowest BCUT2D eigenvalue weighted by atomic mass is 10.0. The Morgan fingerprint density at radius 1 is 1.22 bits per heavy atom. The van der Waals surface area contributed by atoms with Gasteiger partial charge in [0.2, 0.25) is 5.91 Å². The third kappa shape index (κ3) is 3.60. The Bertz CT molecular complexity index is 949. The normalized spacial score (nSPS) is 17.4. The highest BCUT2D eigenvalue weighted by atomic mass is 19.1. The van der Waals surface area contributed by atoms with Crippen LogP contribution in [0.2, 0.25) is 0 Å². The van der Waals surface area contributed by atoms with Gasteiger partial charge in [-0.15, -0.1) is 0 Å². The van der Waals surface area contributed by atoms with Crippen LogP contribution in [0, 0.1) is 5.82 Å². The van der Waals surface area contributed by atoms with Crippen LogP contribution in [0.15, 0.2) is 48.5 Å². The second-order valence-electron chi connectivity index (χ2n) is 7.04. The van der Waals surface area contributed by atoms with Crippen molar-refractivity contribution in [2.24, 2.45) is 0 Å². The van der Waals surface area contributed by atoms with Gasteiger partial charge in [0.15, 0.2) is 0 Å². The second kappa shape index (κ2) is 7.53. The molecule has 0 aliphatic carbocycles. The summed E-state index contributed by atoms with van der Waals surface area (Å²) in [6.45, 7) is 3.87. The fourth-order valence-corrected chi connectivity index (χ4v) is 3.80. The van der Waals surface area contributed by atoms with Crippen molar-refractivity contribution in [3.63, 3.8) is 0 Å². The number of amides is 1. The van der Waals surface area contributed by atoms with Crippen LogP contribution in [0.1, 0.15) is 18.9 Å². The molecular weight excluding hydrogens is 343 g/mol. The maximum Gasteiger partial charge on any atom is 0.223 e. The molecular formula is C22H23FN2O2. The van der Waals surface area contributed by atoms with Crippen molar-refractivity contribution in [2.45, 2.75) is 25.8 Å². The predicted octanol–water partition coefficient (Wildman–Crippen LogP) is 4.15. The zero-order valence-corrected chi connectivity index (χ0v) is 15.4. The molecule has 1 aliphatic heterocycles. The second-order valence-corrected chi connectivity index (χ2v) is 7.04. The van der Waals surface area contributed by atoms with E-state index in [1.165, 1.54) is 12.1 Å². The number of aryl methyl sites for hydroxylation is 1. The van der Waals surface area contributed by atoms with Gasteiger partial charge in [0.05, 0.1) is 19.3 Å². The molecule has 0 spiro atoms. The first-order chi connectivity index (χ1) is 13.1. The van der Waals surface area contributed by atoms with Gasteiger partial charge in [-0.2, -0.15) is 0 Å². The van der Waals surface area contributed by atoms with Gasteiger partial charge in [0, 0.05) is 29.6 Å². The van der Waals surface area contributed by atoms with Crippen LogP contribution >= 0.6 is 0 Å². The molecule has 0 radical (unpaired) electrons. The number of hydrogen-bond donors (Lipinski definition) is 1. The Balaban J connectivity index is 1.63. The van der Waals surface area contributed by atoms with E-state index in [1.54, 1.807) is 12.1 Å².